The first kappa shape index (κ1) is 22.5. The first-order valence-electron chi connectivity index (χ1n) is 10.0. The number of sulfonamides is 1. The van der Waals surface area contributed by atoms with Crippen LogP contribution in [0.1, 0.15) is 42.6 Å². The smallest absolute Gasteiger partial charge is 0.252 e. The van der Waals surface area contributed by atoms with Crippen LogP contribution in [0.2, 0.25) is 0 Å². The van der Waals surface area contributed by atoms with Crippen molar-refractivity contribution in [1.29, 1.82) is 5.26 Å². The van der Waals surface area contributed by atoms with Crippen LogP contribution >= 0.6 is 11.3 Å². The second-order valence-electron chi connectivity index (χ2n) is 7.77. The van der Waals surface area contributed by atoms with Gasteiger partial charge in [-0.1, -0.05) is 6.92 Å². The molecule has 1 aliphatic rings. The van der Waals surface area contributed by atoms with Crippen molar-refractivity contribution in [1.82, 2.24) is 19.2 Å². The first-order valence-corrected chi connectivity index (χ1v) is 12.3. The Morgan fingerprint density at radius 1 is 1.40 bits per heavy atom. The lowest BCUT2D eigenvalue weighted by Crippen LogP contribution is -2.50. The van der Waals surface area contributed by atoms with Crippen LogP contribution in [0.3, 0.4) is 0 Å². The Balaban J connectivity index is 1.82. The van der Waals surface area contributed by atoms with Gasteiger partial charge in [-0.2, -0.15) is 9.98 Å². The van der Waals surface area contributed by atoms with Gasteiger partial charge in [0.1, 0.15) is 17.8 Å². The van der Waals surface area contributed by atoms with Crippen molar-refractivity contribution in [2.45, 2.75) is 56.8 Å². The quantitative estimate of drug-likeness (QED) is 0.698. The summed E-state index contributed by atoms with van der Waals surface area (Å²) in [6.07, 6.45) is 3.83. The van der Waals surface area contributed by atoms with E-state index < -0.39 is 16.1 Å². The maximum absolute atomic E-state index is 13.2. The van der Waals surface area contributed by atoms with Gasteiger partial charge in [0.15, 0.2) is 4.21 Å². The van der Waals surface area contributed by atoms with Crippen molar-refractivity contribution in [3.63, 3.8) is 0 Å². The van der Waals surface area contributed by atoms with E-state index in [4.69, 9.17) is 0 Å². The molecule has 1 amide bonds. The molecule has 1 unspecified atom stereocenters. The summed E-state index contributed by atoms with van der Waals surface area (Å²) in [5.41, 5.74) is 0.907. The van der Waals surface area contributed by atoms with E-state index in [1.807, 2.05) is 0 Å². The van der Waals surface area contributed by atoms with Gasteiger partial charge in [-0.3, -0.25) is 4.79 Å². The number of piperidine rings is 1. The molecule has 0 spiro atoms. The highest BCUT2D eigenvalue weighted by atomic mass is 32.2. The lowest BCUT2D eigenvalue weighted by atomic mass is 9.98. The molecule has 0 saturated carbocycles. The Morgan fingerprint density at radius 3 is 2.70 bits per heavy atom. The van der Waals surface area contributed by atoms with E-state index in [-0.39, 0.29) is 16.5 Å². The maximum Gasteiger partial charge on any atom is 0.252 e. The minimum atomic E-state index is -3.89. The van der Waals surface area contributed by atoms with Crippen LogP contribution in [0, 0.1) is 31.1 Å². The molecule has 1 fully saturated rings. The number of nitriles is 1. The number of nitrogens with one attached hydrogen (secondary N) is 1. The monoisotopic (exact) mass is 449 g/mol. The number of carbonyl (C=O) groups is 1. The van der Waals surface area contributed by atoms with E-state index in [2.05, 4.69) is 22.7 Å². The zero-order valence-corrected chi connectivity index (χ0v) is 19.1. The fourth-order valence-electron chi connectivity index (χ4n) is 3.66. The summed E-state index contributed by atoms with van der Waals surface area (Å²) in [4.78, 5) is 19.2. The zero-order valence-electron chi connectivity index (χ0n) is 17.5. The summed E-state index contributed by atoms with van der Waals surface area (Å²) in [7, 11) is -3.89. The normalized spacial score (nSPS) is 16.4. The molecule has 0 radical (unpaired) electrons. The average molecular weight is 450 g/mol. The molecule has 3 heterocycles. The number of nitrogens with zero attached hydrogens (tertiary/aromatic N) is 4. The third-order valence-corrected chi connectivity index (χ3v) is 8.55. The van der Waals surface area contributed by atoms with Crippen LogP contribution in [0.25, 0.3) is 0 Å². The van der Waals surface area contributed by atoms with Crippen molar-refractivity contribution in [3.05, 3.63) is 34.7 Å². The summed E-state index contributed by atoms with van der Waals surface area (Å²) in [5, 5.41) is 9.87. The lowest BCUT2D eigenvalue weighted by Gasteiger charge is -2.33. The molecule has 0 aliphatic carbocycles. The van der Waals surface area contributed by atoms with Crippen LogP contribution in [-0.4, -0.2) is 47.9 Å². The van der Waals surface area contributed by atoms with Gasteiger partial charge in [0.05, 0.1) is 10.7 Å². The first-order chi connectivity index (χ1) is 14.2. The van der Waals surface area contributed by atoms with Gasteiger partial charge >= 0.3 is 0 Å². The molecule has 2 aromatic rings. The van der Waals surface area contributed by atoms with Crippen LogP contribution in [0.5, 0.6) is 0 Å². The number of likely N-dealkylation sites (tertiary alicyclic amines) is 1. The van der Waals surface area contributed by atoms with Gasteiger partial charge in [0.25, 0.3) is 10.0 Å². The van der Waals surface area contributed by atoms with Crippen molar-refractivity contribution < 1.29 is 13.2 Å². The number of thiazole rings is 1. The minimum Gasteiger partial charge on any atom is -0.341 e. The summed E-state index contributed by atoms with van der Waals surface area (Å²) in [6, 6.07) is 4.65. The number of amides is 1. The van der Waals surface area contributed by atoms with Crippen LogP contribution in [0.15, 0.2) is 22.5 Å². The van der Waals surface area contributed by atoms with Gasteiger partial charge in [-0.25, -0.2) is 13.4 Å². The number of aromatic nitrogens is 2. The van der Waals surface area contributed by atoms with E-state index in [0.29, 0.717) is 41.9 Å². The van der Waals surface area contributed by atoms with Crippen molar-refractivity contribution in [2.75, 3.05) is 13.1 Å². The number of hydrogen-bond acceptors (Lipinski definition) is 6. The average Bonchev–Trinajstić information content (AvgIpc) is 3.30. The Hall–Kier alpha value is -2.22. The highest BCUT2D eigenvalue weighted by Crippen LogP contribution is 2.24. The molecular formula is C20H27N5O3S2. The van der Waals surface area contributed by atoms with Gasteiger partial charge in [0, 0.05) is 25.8 Å². The summed E-state index contributed by atoms with van der Waals surface area (Å²) in [6.45, 7) is 7.18. The number of rotatable bonds is 7. The third-order valence-electron chi connectivity index (χ3n) is 5.40. The molecule has 3 rings (SSSR count). The van der Waals surface area contributed by atoms with Crippen molar-refractivity contribution in [2.24, 2.45) is 5.92 Å². The molecule has 2 aromatic heterocycles. The van der Waals surface area contributed by atoms with E-state index in [0.717, 1.165) is 24.2 Å². The molecule has 1 saturated heterocycles. The molecule has 1 N–H and O–H groups in total. The molecule has 8 nitrogen and oxygen atoms in total. The Bertz CT molecular complexity index is 1040. The van der Waals surface area contributed by atoms with E-state index in [1.165, 1.54) is 0 Å². The maximum atomic E-state index is 13.2. The number of aryl methyl sites for hydroxylation is 3. The fourth-order valence-corrected chi connectivity index (χ4v) is 6.39. The van der Waals surface area contributed by atoms with Crippen molar-refractivity contribution >= 4 is 27.3 Å². The van der Waals surface area contributed by atoms with Gasteiger partial charge in [0.2, 0.25) is 5.91 Å². The summed E-state index contributed by atoms with van der Waals surface area (Å²) >= 11 is 1.10. The SMILES string of the molecule is Cc1nc(C)c(S(=O)(=O)NC(CCn2cccc2C#N)C(=O)N2CCC(C)CC2)s1. The topological polar surface area (TPSA) is 108 Å². The molecule has 162 valence electrons. The predicted molar refractivity (Wildman–Crippen MR) is 114 cm³/mol. The molecule has 10 heteroatoms. The molecule has 0 bridgehead atoms. The van der Waals surface area contributed by atoms with Crippen LogP contribution in [0.4, 0.5) is 0 Å². The van der Waals surface area contributed by atoms with Gasteiger partial charge in [-0.05, 0) is 51.2 Å². The van der Waals surface area contributed by atoms with E-state index in [9.17, 15) is 18.5 Å². The Morgan fingerprint density at radius 2 is 2.10 bits per heavy atom. The zero-order chi connectivity index (χ0) is 21.9. The number of hydrogen-bond donors (Lipinski definition) is 1. The third kappa shape index (κ3) is 5.09. The summed E-state index contributed by atoms with van der Waals surface area (Å²) in [5.74, 6) is 0.347. The van der Waals surface area contributed by atoms with Gasteiger partial charge in [-0.15, -0.1) is 11.3 Å². The molecule has 1 atom stereocenters. The summed E-state index contributed by atoms with van der Waals surface area (Å²) < 4.78 is 30.6. The van der Waals surface area contributed by atoms with Crippen LogP contribution < -0.4 is 4.72 Å². The second-order valence-corrected chi connectivity index (χ2v) is 10.9. The highest BCUT2D eigenvalue weighted by Gasteiger charge is 2.32. The van der Waals surface area contributed by atoms with E-state index in [1.54, 1.807) is 41.6 Å². The van der Waals surface area contributed by atoms with Crippen molar-refractivity contribution in [3.8, 4) is 6.07 Å². The lowest BCUT2D eigenvalue weighted by molar-refractivity contribution is -0.134. The molecule has 30 heavy (non-hydrogen) atoms. The largest absolute Gasteiger partial charge is 0.341 e. The predicted octanol–water partition coefficient (Wildman–Crippen LogP) is 2.43. The fraction of sp³-hybridized carbons (Fsp3) is 0.550. The standard InChI is InChI=1S/C20H27N5O3S2/c1-14-6-10-25(11-7-14)19(26)18(8-12-24-9-4-5-17(24)13-21)23-30(27,28)20-15(2)22-16(3)29-20/h4-5,9,14,18,23H,6-8,10-12H2,1-3H3. The van der Waals surface area contributed by atoms with Crippen LogP contribution in [-0.2, 0) is 21.4 Å². The second kappa shape index (κ2) is 9.29. The molecule has 1 aliphatic heterocycles. The highest BCUT2D eigenvalue weighted by molar-refractivity contribution is 7.91. The van der Waals surface area contributed by atoms with Gasteiger partial charge < -0.3 is 9.47 Å². The van der Waals surface area contributed by atoms with E-state index >= 15 is 0 Å². The Labute approximate surface area is 181 Å². The molecule has 0 aromatic carbocycles. The molecular weight excluding hydrogens is 422 g/mol. The Kier molecular flexibility index (Phi) is 6.95. The number of carbonyl (C=O) groups excluding carboxylic acids is 1. The minimum absolute atomic E-state index is 0.142.